The molecule has 1 aliphatic heterocycles. The fourth-order valence-electron chi connectivity index (χ4n) is 3.16. The summed E-state index contributed by atoms with van der Waals surface area (Å²) in [7, 11) is 2.05. The maximum Gasteiger partial charge on any atom is 0.315 e. The Labute approximate surface area is 145 Å². The molecule has 1 aromatic carbocycles. The molecule has 0 saturated carbocycles. The minimum absolute atomic E-state index is 0.0720. The third kappa shape index (κ3) is 3.53. The third-order valence-electron chi connectivity index (χ3n) is 4.69. The normalized spacial score (nSPS) is 17.2. The van der Waals surface area contributed by atoms with Crippen LogP contribution >= 0.6 is 0 Å². The molecular weight excluding hydrogens is 322 g/mol. The van der Waals surface area contributed by atoms with Crippen molar-refractivity contribution < 1.29 is 14.1 Å². The first-order valence-corrected chi connectivity index (χ1v) is 8.16. The fourth-order valence-corrected chi connectivity index (χ4v) is 3.16. The Bertz CT molecular complexity index is 751. The van der Waals surface area contributed by atoms with E-state index in [2.05, 4.69) is 27.4 Å². The van der Waals surface area contributed by atoms with Gasteiger partial charge < -0.3 is 20.5 Å². The highest BCUT2D eigenvalue weighted by Crippen LogP contribution is 2.35. The highest BCUT2D eigenvalue weighted by Gasteiger charge is 2.42. The second kappa shape index (κ2) is 7.02. The zero-order valence-corrected chi connectivity index (χ0v) is 14.1. The molecule has 1 fully saturated rings. The van der Waals surface area contributed by atoms with E-state index in [4.69, 9.17) is 10.3 Å². The Morgan fingerprint density at radius 3 is 2.56 bits per heavy atom. The van der Waals surface area contributed by atoms with Crippen molar-refractivity contribution in [1.82, 2.24) is 20.4 Å². The minimum atomic E-state index is -0.791. The largest absolute Gasteiger partial charge is 0.361 e. The summed E-state index contributed by atoms with van der Waals surface area (Å²) in [5, 5.41) is 6.53. The third-order valence-corrected chi connectivity index (χ3v) is 4.69. The summed E-state index contributed by atoms with van der Waals surface area (Å²) in [6.07, 6.45) is 1.47. The van der Waals surface area contributed by atoms with Crippen LogP contribution in [0.2, 0.25) is 0 Å². The van der Waals surface area contributed by atoms with Crippen molar-refractivity contribution in [2.24, 2.45) is 5.73 Å². The summed E-state index contributed by atoms with van der Waals surface area (Å²) in [4.78, 5) is 30.1. The highest BCUT2D eigenvalue weighted by molar-refractivity contribution is 5.89. The molecule has 0 radical (unpaired) electrons. The van der Waals surface area contributed by atoms with Crippen LogP contribution in [0.5, 0.6) is 0 Å². The maximum atomic E-state index is 13.0. The van der Waals surface area contributed by atoms with E-state index in [-0.39, 0.29) is 24.2 Å². The first-order chi connectivity index (χ1) is 12.0. The Hall–Kier alpha value is -2.74. The molecule has 0 aliphatic carbocycles. The van der Waals surface area contributed by atoms with Crippen molar-refractivity contribution in [3.63, 3.8) is 0 Å². The topological polar surface area (TPSA) is 114 Å². The minimum Gasteiger partial charge on any atom is -0.361 e. The first kappa shape index (κ1) is 17.1. The summed E-state index contributed by atoms with van der Waals surface area (Å²) < 4.78 is 4.73. The van der Waals surface area contributed by atoms with E-state index in [9.17, 15) is 9.59 Å². The Kier molecular flexibility index (Phi) is 4.80. The molecule has 1 aliphatic rings. The Morgan fingerprint density at radius 1 is 1.28 bits per heavy atom. The fraction of sp³-hybridized carbons (Fsp3) is 0.412. The van der Waals surface area contributed by atoms with Gasteiger partial charge in [-0.05, 0) is 38.5 Å². The van der Waals surface area contributed by atoms with Crippen molar-refractivity contribution in [3.05, 3.63) is 47.6 Å². The highest BCUT2D eigenvalue weighted by atomic mass is 16.5. The number of amides is 2. The Morgan fingerprint density at radius 2 is 1.96 bits per heavy atom. The molecule has 8 nitrogen and oxygen atoms in total. The molecule has 0 spiro atoms. The predicted molar refractivity (Wildman–Crippen MR) is 89.5 cm³/mol. The van der Waals surface area contributed by atoms with E-state index in [1.165, 1.54) is 0 Å². The number of rotatable bonds is 5. The van der Waals surface area contributed by atoms with E-state index in [1.54, 1.807) is 0 Å². The van der Waals surface area contributed by atoms with Gasteiger partial charge in [-0.2, -0.15) is 4.98 Å². The lowest BCUT2D eigenvalue weighted by molar-refractivity contribution is -0.128. The van der Waals surface area contributed by atoms with E-state index in [1.807, 2.05) is 30.3 Å². The van der Waals surface area contributed by atoms with Crippen LogP contribution < -0.4 is 11.1 Å². The average Bonchev–Trinajstić information content (AvgIpc) is 3.11. The van der Waals surface area contributed by atoms with Gasteiger partial charge in [0.1, 0.15) is 0 Å². The second-order valence-corrected chi connectivity index (χ2v) is 6.31. The maximum absolute atomic E-state index is 13.0. The number of benzene rings is 1. The van der Waals surface area contributed by atoms with Crippen LogP contribution in [-0.4, -0.2) is 47.0 Å². The lowest BCUT2D eigenvalue weighted by atomic mass is 9.72. The number of aromatic nitrogens is 2. The first-order valence-electron chi connectivity index (χ1n) is 8.16. The molecule has 2 heterocycles. The van der Waals surface area contributed by atoms with Crippen molar-refractivity contribution in [2.45, 2.75) is 24.8 Å². The summed E-state index contributed by atoms with van der Waals surface area (Å²) >= 11 is 0. The number of nitrogens with zero attached hydrogens (tertiary/aromatic N) is 3. The summed E-state index contributed by atoms with van der Waals surface area (Å²) in [6.45, 7) is 1.77. The second-order valence-electron chi connectivity index (χ2n) is 6.31. The lowest BCUT2D eigenvalue weighted by Gasteiger charge is -2.39. The summed E-state index contributed by atoms with van der Waals surface area (Å²) in [6, 6.07) is 9.81. The van der Waals surface area contributed by atoms with Gasteiger partial charge in [-0.25, -0.2) is 0 Å². The van der Waals surface area contributed by atoms with Gasteiger partial charge in [0, 0.05) is 0 Å². The van der Waals surface area contributed by atoms with E-state index in [0.29, 0.717) is 0 Å². The van der Waals surface area contributed by atoms with Gasteiger partial charge in [-0.15, -0.1) is 0 Å². The molecule has 3 N–H and O–H groups in total. The zero-order valence-electron chi connectivity index (χ0n) is 14.1. The average molecular weight is 343 g/mol. The molecule has 2 amide bonds. The molecule has 0 unspecified atom stereocenters. The SMILES string of the molecule is CN1CCC(C(=O)NCc2noc(C(N)=O)n2)(c2ccccc2)CC1. The van der Waals surface area contributed by atoms with Gasteiger partial charge in [-0.3, -0.25) is 9.59 Å². The van der Waals surface area contributed by atoms with E-state index >= 15 is 0 Å². The molecule has 1 saturated heterocycles. The number of nitrogens with two attached hydrogens (primary N) is 1. The number of carbonyl (C=O) groups is 2. The molecule has 8 heteroatoms. The number of hydrogen-bond donors (Lipinski definition) is 2. The van der Waals surface area contributed by atoms with Crippen molar-refractivity contribution in [3.8, 4) is 0 Å². The molecular formula is C17H21N5O3. The number of carbonyl (C=O) groups excluding carboxylic acids is 2. The molecule has 0 atom stereocenters. The van der Waals surface area contributed by atoms with Crippen LogP contribution in [0.15, 0.2) is 34.9 Å². The van der Waals surface area contributed by atoms with Crippen LogP contribution in [-0.2, 0) is 16.8 Å². The van der Waals surface area contributed by atoms with E-state index < -0.39 is 11.3 Å². The number of primary amides is 1. The van der Waals surface area contributed by atoms with Crippen molar-refractivity contribution >= 4 is 11.8 Å². The number of hydrogen-bond acceptors (Lipinski definition) is 6. The van der Waals surface area contributed by atoms with Crippen molar-refractivity contribution in [1.29, 1.82) is 0 Å². The molecule has 25 heavy (non-hydrogen) atoms. The van der Waals surface area contributed by atoms with Crippen LogP contribution in [0.3, 0.4) is 0 Å². The van der Waals surface area contributed by atoms with Gasteiger partial charge in [0.15, 0.2) is 5.82 Å². The quantitative estimate of drug-likeness (QED) is 0.814. The van der Waals surface area contributed by atoms with Crippen LogP contribution in [0.4, 0.5) is 0 Å². The number of likely N-dealkylation sites (tertiary alicyclic amines) is 1. The predicted octanol–water partition coefficient (Wildman–Crippen LogP) is 0.448. The van der Waals surface area contributed by atoms with Gasteiger partial charge in [-0.1, -0.05) is 35.5 Å². The molecule has 2 aromatic rings. The summed E-state index contributed by atoms with van der Waals surface area (Å²) in [5.41, 5.74) is 5.51. The molecule has 3 rings (SSSR count). The van der Waals surface area contributed by atoms with Crippen LogP contribution in [0.25, 0.3) is 0 Å². The smallest absolute Gasteiger partial charge is 0.315 e. The number of piperidine rings is 1. The van der Waals surface area contributed by atoms with Gasteiger partial charge in [0.05, 0.1) is 12.0 Å². The Balaban J connectivity index is 1.76. The molecule has 132 valence electrons. The lowest BCUT2D eigenvalue weighted by Crippen LogP contribution is -2.50. The van der Waals surface area contributed by atoms with Gasteiger partial charge in [0.25, 0.3) is 0 Å². The summed E-state index contributed by atoms with van der Waals surface area (Å²) in [5.74, 6) is -0.905. The van der Waals surface area contributed by atoms with E-state index in [0.717, 1.165) is 31.5 Å². The van der Waals surface area contributed by atoms with Crippen LogP contribution in [0, 0.1) is 0 Å². The van der Waals surface area contributed by atoms with Gasteiger partial charge >= 0.3 is 11.8 Å². The standard InChI is InChI=1S/C17H21N5O3/c1-22-9-7-17(8-10-22,12-5-3-2-4-6-12)16(24)19-11-13-20-15(14(18)23)25-21-13/h2-6H,7-11H2,1H3,(H2,18,23)(H,19,24). The zero-order chi connectivity index (χ0) is 17.9. The monoisotopic (exact) mass is 343 g/mol. The van der Waals surface area contributed by atoms with Crippen molar-refractivity contribution in [2.75, 3.05) is 20.1 Å². The van der Waals surface area contributed by atoms with Gasteiger partial charge in [0.2, 0.25) is 5.91 Å². The molecule has 0 bridgehead atoms. The molecule has 1 aromatic heterocycles. The number of nitrogens with one attached hydrogen (secondary N) is 1. The van der Waals surface area contributed by atoms with Crippen LogP contribution in [0.1, 0.15) is 34.9 Å².